The normalized spacial score (nSPS) is 10.3. The molecule has 2 rings (SSSR count). The highest BCUT2D eigenvalue weighted by atomic mass is 32.2. The van der Waals surface area contributed by atoms with Crippen LogP contribution >= 0.6 is 11.8 Å². The molecule has 0 heterocycles. The molecule has 0 aliphatic heterocycles. The molecular formula is C17H19NO2S. The molecule has 0 bridgehead atoms. The highest BCUT2D eigenvalue weighted by molar-refractivity contribution is 7.98. The van der Waals surface area contributed by atoms with Crippen molar-refractivity contribution in [1.29, 1.82) is 0 Å². The maximum atomic E-state index is 12.5. The van der Waals surface area contributed by atoms with Crippen LogP contribution in [0.1, 0.15) is 21.5 Å². The zero-order valence-electron chi connectivity index (χ0n) is 12.7. The molecule has 2 aromatic carbocycles. The number of carbonyl (C=O) groups is 1. The quantitative estimate of drug-likeness (QED) is 0.856. The van der Waals surface area contributed by atoms with E-state index in [9.17, 15) is 4.79 Å². The molecule has 0 aliphatic rings. The van der Waals surface area contributed by atoms with Gasteiger partial charge in [0.05, 0.1) is 12.7 Å². The molecule has 0 spiro atoms. The van der Waals surface area contributed by atoms with Crippen LogP contribution in [0.3, 0.4) is 0 Å². The number of nitrogens with one attached hydrogen (secondary N) is 1. The summed E-state index contributed by atoms with van der Waals surface area (Å²) >= 11 is 1.62. The van der Waals surface area contributed by atoms with Gasteiger partial charge in [0.2, 0.25) is 0 Å². The van der Waals surface area contributed by atoms with Gasteiger partial charge in [-0.25, -0.2) is 0 Å². The monoisotopic (exact) mass is 301 g/mol. The minimum Gasteiger partial charge on any atom is -0.496 e. The van der Waals surface area contributed by atoms with E-state index in [1.165, 1.54) is 0 Å². The Morgan fingerprint density at radius 1 is 1.14 bits per heavy atom. The standard InChI is InChI=1S/C17H19NO2S/c1-11-5-6-12(2)15(9-11)18-17(19)14-8-7-13(21-4)10-16(14)20-3/h5-10H,1-4H3,(H,18,19). The molecule has 0 atom stereocenters. The van der Waals surface area contributed by atoms with E-state index in [2.05, 4.69) is 5.32 Å². The lowest BCUT2D eigenvalue weighted by atomic mass is 10.1. The van der Waals surface area contributed by atoms with E-state index in [4.69, 9.17) is 4.74 Å². The Morgan fingerprint density at radius 3 is 2.57 bits per heavy atom. The molecule has 1 amide bonds. The van der Waals surface area contributed by atoms with Crippen molar-refractivity contribution in [2.24, 2.45) is 0 Å². The first kappa shape index (κ1) is 15.4. The van der Waals surface area contributed by atoms with Crippen LogP contribution in [0.2, 0.25) is 0 Å². The molecule has 3 nitrogen and oxygen atoms in total. The van der Waals surface area contributed by atoms with Crippen LogP contribution in [0.5, 0.6) is 5.75 Å². The first-order valence-electron chi connectivity index (χ1n) is 6.65. The average molecular weight is 301 g/mol. The first-order chi connectivity index (χ1) is 10.0. The van der Waals surface area contributed by atoms with Crippen LogP contribution in [0.25, 0.3) is 0 Å². The number of carbonyl (C=O) groups excluding carboxylic acids is 1. The van der Waals surface area contributed by atoms with E-state index in [1.807, 2.05) is 50.4 Å². The zero-order chi connectivity index (χ0) is 15.4. The second-order valence-corrected chi connectivity index (χ2v) is 5.72. The van der Waals surface area contributed by atoms with Gasteiger partial charge in [0.1, 0.15) is 5.75 Å². The summed E-state index contributed by atoms with van der Waals surface area (Å²) in [6, 6.07) is 11.6. The van der Waals surface area contributed by atoms with Crippen molar-refractivity contribution in [1.82, 2.24) is 0 Å². The fourth-order valence-corrected chi connectivity index (χ4v) is 2.48. The van der Waals surface area contributed by atoms with Crippen molar-refractivity contribution in [2.45, 2.75) is 18.7 Å². The van der Waals surface area contributed by atoms with Gasteiger partial charge in [-0.15, -0.1) is 11.8 Å². The topological polar surface area (TPSA) is 38.3 Å². The molecule has 110 valence electrons. The Balaban J connectivity index is 2.30. The summed E-state index contributed by atoms with van der Waals surface area (Å²) in [5, 5.41) is 2.95. The summed E-state index contributed by atoms with van der Waals surface area (Å²) in [4.78, 5) is 13.5. The predicted octanol–water partition coefficient (Wildman–Crippen LogP) is 4.29. The van der Waals surface area contributed by atoms with E-state index in [-0.39, 0.29) is 5.91 Å². The number of ether oxygens (including phenoxy) is 1. The molecule has 0 aromatic heterocycles. The number of anilines is 1. The maximum Gasteiger partial charge on any atom is 0.259 e. The lowest BCUT2D eigenvalue weighted by molar-refractivity contribution is 0.102. The molecule has 1 N–H and O–H groups in total. The SMILES string of the molecule is COc1cc(SC)ccc1C(=O)Nc1cc(C)ccc1C. The molecular weight excluding hydrogens is 282 g/mol. The fraction of sp³-hybridized carbons (Fsp3) is 0.235. The number of rotatable bonds is 4. The third-order valence-corrected chi connectivity index (χ3v) is 4.02. The van der Waals surface area contributed by atoms with Gasteiger partial charge in [0.15, 0.2) is 0 Å². The van der Waals surface area contributed by atoms with Crippen molar-refractivity contribution in [2.75, 3.05) is 18.7 Å². The van der Waals surface area contributed by atoms with E-state index < -0.39 is 0 Å². The number of aryl methyl sites for hydroxylation is 2. The summed E-state index contributed by atoms with van der Waals surface area (Å²) in [6.07, 6.45) is 1.99. The third kappa shape index (κ3) is 3.58. The summed E-state index contributed by atoms with van der Waals surface area (Å²) in [5.41, 5.74) is 3.52. The van der Waals surface area contributed by atoms with Crippen LogP contribution < -0.4 is 10.1 Å². The Labute approximate surface area is 129 Å². The molecule has 0 radical (unpaired) electrons. The predicted molar refractivity (Wildman–Crippen MR) is 88.6 cm³/mol. The van der Waals surface area contributed by atoms with E-state index in [0.717, 1.165) is 21.7 Å². The Bertz CT molecular complexity index is 668. The lowest BCUT2D eigenvalue weighted by Gasteiger charge is -2.12. The van der Waals surface area contributed by atoms with Crippen LogP contribution in [0.15, 0.2) is 41.3 Å². The molecule has 0 fully saturated rings. The van der Waals surface area contributed by atoms with Gasteiger partial charge in [0.25, 0.3) is 5.91 Å². The highest BCUT2D eigenvalue weighted by Gasteiger charge is 2.14. The van der Waals surface area contributed by atoms with Gasteiger partial charge in [-0.3, -0.25) is 4.79 Å². The van der Waals surface area contributed by atoms with Gasteiger partial charge in [-0.2, -0.15) is 0 Å². The van der Waals surface area contributed by atoms with Crippen molar-refractivity contribution < 1.29 is 9.53 Å². The summed E-state index contributed by atoms with van der Waals surface area (Å²) in [7, 11) is 1.58. The second-order valence-electron chi connectivity index (χ2n) is 4.84. The number of hydrogen-bond donors (Lipinski definition) is 1. The molecule has 21 heavy (non-hydrogen) atoms. The summed E-state index contributed by atoms with van der Waals surface area (Å²) in [5.74, 6) is 0.429. The van der Waals surface area contributed by atoms with Gasteiger partial charge < -0.3 is 10.1 Å². The van der Waals surface area contributed by atoms with E-state index in [0.29, 0.717) is 11.3 Å². The molecule has 0 saturated heterocycles. The smallest absolute Gasteiger partial charge is 0.259 e. The number of benzene rings is 2. The van der Waals surface area contributed by atoms with Crippen LogP contribution in [0.4, 0.5) is 5.69 Å². The first-order valence-corrected chi connectivity index (χ1v) is 7.88. The van der Waals surface area contributed by atoms with Crippen LogP contribution in [0, 0.1) is 13.8 Å². The largest absolute Gasteiger partial charge is 0.496 e. The van der Waals surface area contributed by atoms with E-state index >= 15 is 0 Å². The van der Waals surface area contributed by atoms with Crippen molar-refractivity contribution >= 4 is 23.4 Å². The average Bonchev–Trinajstić information content (AvgIpc) is 2.50. The molecule has 0 saturated carbocycles. The second kappa shape index (κ2) is 6.68. The Morgan fingerprint density at radius 2 is 1.90 bits per heavy atom. The third-order valence-electron chi connectivity index (χ3n) is 3.29. The van der Waals surface area contributed by atoms with Gasteiger partial charge in [-0.05, 0) is 55.5 Å². The zero-order valence-corrected chi connectivity index (χ0v) is 13.5. The maximum absolute atomic E-state index is 12.5. The van der Waals surface area contributed by atoms with Crippen LogP contribution in [-0.4, -0.2) is 19.3 Å². The molecule has 2 aromatic rings. The van der Waals surface area contributed by atoms with E-state index in [1.54, 1.807) is 24.9 Å². The number of thioether (sulfide) groups is 1. The summed E-state index contributed by atoms with van der Waals surface area (Å²) in [6.45, 7) is 3.98. The van der Waals surface area contributed by atoms with Gasteiger partial charge in [0, 0.05) is 10.6 Å². The van der Waals surface area contributed by atoms with Gasteiger partial charge >= 0.3 is 0 Å². The van der Waals surface area contributed by atoms with Crippen molar-refractivity contribution in [3.05, 3.63) is 53.1 Å². The molecule has 0 aliphatic carbocycles. The number of methoxy groups -OCH3 is 1. The molecule has 4 heteroatoms. The number of amides is 1. The van der Waals surface area contributed by atoms with Crippen molar-refractivity contribution in [3.8, 4) is 5.75 Å². The molecule has 0 unspecified atom stereocenters. The highest BCUT2D eigenvalue weighted by Crippen LogP contribution is 2.26. The van der Waals surface area contributed by atoms with Crippen molar-refractivity contribution in [3.63, 3.8) is 0 Å². The Kier molecular flexibility index (Phi) is 4.91. The van der Waals surface area contributed by atoms with Gasteiger partial charge in [-0.1, -0.05) is 12.1 Å². The van der Waals surface area contributed by atoms with Crippen LogP contribution in [-0.2, 0) is 0 Å². The minimum absolute atomic E-state index is 0.159. The minimum atomic E-state index is -0.159. The lowest BCUT2D eigenvalue weighted by Crippen LogP contribution is -2.14. The number of hydrogen-bond acceptors (Lipinski definition) is 3. The summed E-state index contributed by atoms with van der Waals surface area (Å²) < 4.78 is 5.33. The Hall–Kier alpha value is -1.94. The fourth-order valence-electron chi connectivity index (χ4n) is 2.05.